The van der Waals surface area contributed by atoms with E-state index in [0.717, 1.165) is 37.3 Å². The highest BCUT2D eigenvalue weighted by molar-refractivity contribution is 8.02. The average molecular weight is 584 g/mol. The van der Waals surface area contributed by atoms with Gasteiger partial charge in [0, 0.05) is 49.4 Å². The summed E-state index contributed by atoms with van der Waals surface area (Å²) in [5.41, 5.74) is 1.85. The lowest BCUT2D eigenvalue weighted by Gasteiger charge is -2.37. The number of unbranched alkanes of at least 4 members (excludes halogenated alkanes) is 2. The number of likely N-dealkylation sites (tertiary alicyclic amines) is 1. The number of aliphatic hydroxyl groups is 1. The Morgan fingerprint density at radius 3 is 2.46 bits per heavy atom. The van der Waals surface area contributed by atoms with E-state index >= 15 is 0 Å². The predicted molar refractivity (Wildman–Crippen MR) is 165 cm³/mol. The molecule has 3 heterocycles. The number of nitrogens with zero attached hydrogens (tertiary/aromatic N) is 3. The van der Waals surface area contributed by atoms with E-state index in [4.69, 9.17) is 4.74 Å². The molecule has 3 aliphatic heterocycles. The maximum Gasteiger partial charge on any atom is 0.310 e. The molecular weight excluding hydrogens is 538 g/mol. The van der Waals surface area contributed by atoms with Crippen LogP contribution in [0.2, 0.25) is 0 Å². The summed E-state index contributed by atoms with van der Waals surface area (Å²) in [4.78, 5) is 47.8. The van der Waals surface area contributed by atoms with Crippen LogP contribution in [0.1, 0.15) is 52.4 Å². The van der Waals surface area contributed by atoms with Gasteiger partial charge >= 0.3 is 5.97 Å². The van der Waals surface area contributed by atoms with Gasteiger partial charge in [0.2, 0.25) is 5.91 Å². The van der Waals surface area contributed by atoms with Gasteiger partial charge in [0.25, 0.3) is 5.91 Å². The number of amides is 2. The Balaban J connectivity index is 1.68. The Bertz CT molecular complexity index is 1110. The Hall–Kier alpha value is -2.78. The number of carbonyl (C=O) groups is 3. The van der Waals surface area contributed by atoms with Gasteiger partial charge in [-0.15, -0.1) is 24.9 Å². The Kier molecular flexibility index (Phi) is 10.6. The molecule has 8 nitrogen and oxygen atoms in total. The summed E-state index contributed by atoms with van der Waals surface area (Å²) in [6.45, 7) is 14.7. The SMILES string of the molecule is C=CCCOC(=O)[C@@H]1[C@@H]2CCC3(S2)C(C(=O)N(CC=C)c2ccc(N(CC)CC)cc2)N(CCCCCO)C(=O)[C@H]13. The summed E-state index contributed by atoms with van der Waals surface area (Å²) in [5.74, 6) is -1.72. The van der Waals surface area contributed by atoms with Gasteiger partial charge in [-0.2, -0.15) is 0 Å². The first-order valence-electron chi connectivity index (χ1n) is 15.0. The second kappa shape index (κ2) is 13.9. The van der Waals surface area contributed by atoms with Crippen LogP contribution in [0.15, 0.2) is 49.6 Å². The highest BCUT2D eigenvalue weighted by Crippen LogP contribution is 2.66. The lowest BCUT2D eigenvalue weighted by atomic mass is 9.71. The molecule has 2 amide bonds. The standard InChI is InChI=1S/C32H45N3O5S/c1-5-9-22-40-31(39)26-25-17-18-32(41-25)27(26)29(37)35(20-11-10-12-21-36)28(32)30(38)34(19-6-2)24-15-13-23(14-16-24)33(7-3)8-4/h5-6,13-16,25-28,36H,1-2,7-12,17-22H2,3-4H3/t25-,26+,27-,28?,32?/m0/s1. The van der Waals surface area contributed by atoms with E-state index < -0.39 is 22.6 Å². The van der Waals surface area contributed by atoms with Crippen molar-refractivity contribution >= 4 is 40.9 Å². The number of rotatable bonds is 16. The fourth-order valence-electron chi connectivity index (χ4n) is 6.88. The van der Waals surface area contributed by atoms with Gasteiger partial charge in [-0.1, -0.05) is 12.2 Å². The average Bonchev–Trinajstić information content (AvgIpc) is 3.62. The van der Waals surface area contributed by atoms with E-state index in [2.05, 4.69) is 31.9 Å². The molecule has 9 heteroatoms. The van der Waals surface area contributed by atoms with Crippen molar-refractivity contribution < 1.29 is 24.2 Å². The minimum Gasteiger partial charge on any atom is -0.465 e. The molecule has 3 fully saturated rings. The van der Waals surface area contributed by atoms with E-state index in [-0.39, 0.29) is 36.2 Å². The van der Waals surface area contributed by atoms with E-state index in [1.165, 1.54) is 0 Å². The molecule has 224 valence electrons. The van der Waals surface area contributed by atoms with Gasteiger partial charge in [0.15, 0.2) is 0 Å². The molecule has 5 atom stereocenters. The van der Waals surface area contributed by atoms with Crippen LogP contribution in [-0.4, -0.2) is 83.2 Å². The van der Waals surface area contributed by atoms with Crippen LogP contribution in [0.3, 0.4) is 0 Å². The number of benzene rings is 1. The van der Waals surface area contributed by atoms with Crippen molar-refractivity contribution in [3.8, 4) is 0 Å². The smallest absolute Gasteiger partial charge is 0.310 e. The second-order valence-corrected chi connectivity index (χ2v) is 12.6. The zero-order valence-corrected chi connectivity index (χ0v) is 25.3. The van der Waals surface area contributed by atoms with Crippen molar-refractivity contribution in [3.63, 3.8) is 0 Å². The Labute approximate surface area is 248 Å². The van der Waals surface area contributed by atoms with E-state index in [0.29, 0.717) is 38.8 Å². The third-order valence-electron chi connectivity index (χ3n) is 8.80. The summed E-state index contributed by atoms with van der Waals surface area (Å²) in [7, 11) is 0. The van der Waals surface area contributed by atoms with E-state index in [1.54, 1.807) is 33.7 Å². The normalized spacial score (nSPS) is 26.1. The van der Waals surface area contributed by atoms with Crippen LogP contribution in [0.25, 0.3) is 0 Å². The number of thioether (sulfide) groups is 1. The number of hydrogen-bond acceptors (Lipinski definition) is 7. The largest absolute Gasteiger partial charge is 0.465 e. The Morgan fingerprint density at radius 1 is 1.12 bits per heavy atom. The lowest BCUT2D eigenvalue weighted by molar-refractivity contribution is -0.154. The van der Waals surface area contributed by atoms with Crippen LogP contribution >= 0.6 is 11.8 Å². The Morgan fingerprint density at radius 2 is 1.83 bits per heavy atom. The van der Waals surface area contributed by atoms with Crippen LogP contribution in [-0.2, 0) is 19.1 Å². The van der Waals surface area contributed by atoms with Gasteiger partial charge in [-0.05, 0) is 76.6 Å². The molecule has 4 rings (SSSR count). The van der Waals surface area contributed by atoms with Crippen molar-refractivity contribution in [2.24, 2.45) is 11.8 Å². The molecule has 0 saturated carbocycles. The van der Waals surface area contributed by atoms with Crippen molar-refractivity contribution in [2.45, 2.75) is 68.4 Å². The third-order valence-corrected chi connectivity index (χ3v) is 10.7. The van der Waals surface area contributed by atoms with Crippen LogP contribution < -0.4 is 9.80 Å². The fraction of sp³-hybridized carbons (Fsp3) is 0.594. The highest BCUT2D eigenvalue weighted by Gasteiger charge is 2.74. The second-order valence-electron chi connectivity index (χ2n) is 11.0. The molecule has 3 aliphatic rings. The van der Waals surface area contributed by atoms with E-state index in [1.807, 2.05) is 24.3 Å². The molecule has 0 aromatic heterocycles. The first kappa shape index (κ1) is 31.2. The molecular formula is C32H45N3O5S. The quantitative estimate of drug-likeness (QED) is 0.175. The lowest BCUT2D eigenvalue weighted by Crippen LogP contribution is -2.55. The summed E-state index contributed by atoms with van der Waals surface area (Å²) < 4.78 is 4.92. The van der Waals surface area contributed by atoms with Crippen molar-refractivity contribution in [1.29, 1.82) is 0 Å². The predicted octanol–water partition coefficient (Wildman–Crippen LogP) is 4.42. The van der Waals surface area contributed by atoms with Crippen LogP contribution in [0, 0.1) is 11.8 Å². The minimum atomic E-state index is -0.683. The maximum atomic E-state index is 14.6. The zero-order chi connectivity index (χ0) is 29.6. The molecule has 0 radical (unpaired) electrons. The number of ether oxygens (including phenoxy) is 1. The molecule has 2 unspecified atom stereocenters. The summed E-state index contributed by atoms with van der Waals surface area (Å²) in [5, 5.41) is 9.25. The first-order chi connectivity index (χ1) is 19.9. The summed E-state index contributed by atoms with van der Waals surface area (Å²) in [6.07, 6.45) is 7.54. The molecule has 1 aromatic rings. The number of carbonyl (C=O) groups excluding carboxylic acids is 3. The summed E-state index contributed by atoms with van der Waals surface area (Å²) >= 11 is 1.65. The highest BCUT2D eigenvalue weighted by atomic mass is 32.2. The third kappa shape index (κ3) is 5.93. The van der Waals surface area contributed by atoms with E-state index in [9.17, 15) is 19.5 Å². The summed E-state index contributed by atoms with van der Waals surface area (Å²) in [6, 6.07) is 7.31. The number of hydrogen-bond donors (Lipinski definition) is 1. The van der Waals surface area contributed by atoms with Crippen molar-refractivity contribution in [1.82, 2.24) is 4.90 Å². The molecule has 41 heavy (non-hydrogen) atoms. The first-order valence-corrected chi connectivity index (χ1v) is 15.9. The topological polar surface area (TPSA) is 90.4 Å². The molecule has 1 N–H and O–H groups in total. The maximum absolute atomic E-state index is 14.6. The monoisotopic (exact) mass is 583 g/mol. The van der Waals surface area contributed by atoms with Gasteiger partial charge in [-0.3, -0.25) is 14.4 Å². The number of fused-ring (bicyclic) bond motifs is 1. The molecule has 1 spiro atoms. The van der Waals surface area contributed by atoms with Crippen LogP contribution in [0.4, 0.5) is 11.4 Å². The fourth-order valence-corrected chi connectivity index (χ4v) is 9.08. The van der Waals surface area contributed by atoms with Gasteiger partial charge < -0.3 is 24.5 Å². The zero-order valence-electron chi connectivity index (χ0n) is 24.5. The van der Waals surface area contributed by atoms with Crippen molar-refractivity contribution in [2.75, 3.05) is 49.2 Å². The van der Waals surface area contributed by atoms with Crippen molar-refractivity contribution in [3.05, 3.63) is 49.6 Å². The minimum absolute atomic E-state index is 0.0340. The molecule has 0 aliphatic carbocycles. The van der Waals surface area contributed by atoms with Gasteiger partial charge in [-0.25, -0.2) is 0 Å². The van der Waals surface area contributed by atoms with Gasteiger partial charge in [0.05, 0.1) is 23.2 Å². The number of esters is 1. The van der Waals surface area contributed by atoms with Crippen LogP contribution in [0.5, 0.6) is 0 Å². The molecule has 1 aromatic carbocycles. The molecule has 2 bridgehead atoms. The number of anilines is 2. The number of aliphatic hydroxyl groups excluding tert-OH is 1. The molecule has 3 saturated heterocycles. The van der Waals surface area contributed by atoms with Gasteiger partial charge in [0.1, 0.15) is 6.04 Å².